The minimum Gasteiger partial charge on any atom is -0.380 e. The predicted octanol–water partition coefficient (Wildman–Crippen LogP) is 1.75. The van der Waals surface area contributed by atoms with E-state index < -0.39 is 5.60 Å². The molecule has 6 heteroatoms. The fourth-order valence-corrected chi connectivity index (χ4v) is 3.65. The van der Waals surface area contributed by atoms with Crippen LogP contribution < -0.4 is 5.32 Å². The van der Waals surface area contributed by atoms with E-state index in [1.807, 2.05) is 35.0 Å². The van der Waals surface area contributed by atoms with Crippen molar-refractivity contribution >= 4 is 17.7 Å². The molecular formula is C16H19N3O2S. The smallest absolute Gasteiger partial charge is 0.252 e. The van der Waals surface area contributed by atoms with Crippen molar-refractivity contribution in [2.45, 2.75) is 25.0 Å². The molecule has 2 heterocycles. The number of carbonyl (C=O) groups is 1. The molecule has 1 saturated heterocycles. The van der Waals surface area contributed by atoms with E-state index in [0.29, 0.717) is 19.4 Å². The van der Waals surface area contributed by atoms with Gasteiger partial charge < -0.3 is 15.0 Å². The molecule has 22 heavy (non-hydrogen) atoms. The minimum atomic E-state index is -1.19. The number of imidazole rings is 1. The molecule has 1 aliphatic heterocycles. The van der Waals surface area contributed by atoms with E-state index in [-0.39, 0.29) is 5.91 Å². The van der Waals surface area contributed by atoms with Crippen molar-refractivity contribution in [3.8, 4) is 5.69 Å². The summed E-state index contributed by atoms with van der Waals surface area (Å²) in [6, 6.07) is 7.90. The molecule has 0 radical (unpaired) electrons. The molecular weight excluding hydrogens is 298 g/mol. The first-order valence-corrected chi connectivity index (χ1v) is 8.49. The van der Waals surface area contributed by atoms with Gasteiger partial charge in [0, 0.05) is 24.6 Å². The van der Waals surface area contributed by atoms with Gasteiger partial charge in [0.15, 0.2) is 0 Å². The van der Waals surface area contributed by atoms with Crippen molar-refractivity contribution in [2.24, 2.45) is 0 Å². The second-order valence-corrected chi connectivity index (χ2v) is 6.69. The van der Waals surface area contributed by atoms with Crippen molar-refractivity contribution in [1.29, 1.82) is 0 Å². The van der Waals surface area contributed by atoms with Gasteiger partial charge in [-0.1, -0.05) is 12.1 Å². The maximum absolute atomic E-state index is 12.2. The number of aliphatic hydroxyl groups is 1. The van der Waals surface area contributed by atoms with Crippen LogP contribution in [-0.2, 0) is 11.3 Å². The SMILES string of the molecule is O=C(NCc1ccc(-n2ccnc2)cc1)C1(O)CCSCC1. The molecule has 1 aliphatic rings. The van der Waals surface area contributed by atoms with Crippen LogP contribution in [0, 0.1) is 0 Å². The molecule has 0 atom stereocenters. The van der Waals surface area contributed by atoms with E-state index in [0.717, 1.165) is 22.8 Å². The average Bonchev–Trinajstić information content (AvgIpc) is 3.08. The summed E-state index contributed by atoms with van der Waals surface area (Å²) in [4.78, 5) is 16.2. The van der Waals surface area contributed by atoms with Gasteiger partial charge in [-0.25, -0.2) is 4.98 Å². The average molecular weight is 317 g/mol. The van der Waals surface area contributed by atoms with Crippen LogP contribution in [0.15, 0.2) is 43.0 Å². The summed E-state index contributed by atoms with van der Waals surface area (Å²) >= 11 is 1.78. The van der Waals surface area contributed by atoms with Crippen molar-refractivity contribution < 1.29 is 9.90 Å². The molecule has 1 fully saturated rings. The van der Waals surface area contributed by atoms with Gasteiger partial charge in [0.05, 0.1) is 6.33 Å². The standard InChI is InChI=1S/C16H19N3O2S/c20-15(16(21)5-9-22-10-6-16)18-11-13-1-3-14(4-2-13)19-8-7-17-12-19/h1-4,7-8,12,21H,5-6,9-11H2,(H,18,20). The van der Waals surface area contributed by atoms with Crippen molar-refractivity contribution in [2.75, 3.05) is 11.5 Å². The Bertz CT molecular complexity index is 619. The van der Waals surface area contributed by atoms with Gasteiger partial charge in [0.2, 0.25) is 0 Å². The van der Waals surface area contributed by atoms with Crippen LogP contribution >= 0.6 is 11.8 Å². The van der Waals surface area contributed by atoms with Gasteiger partial charge >= 0.3 is 0 Å². The molecule has 2 aromatic rings. The number of carbonyl (C=O) groups excluding carboxylic acids is 1. The third kappa shape index (κ3) is 3.34. The van der Waals surface area contributed by atoms with Gasteiger partial charge in [-0.05, 0) is 42.0 Å². The first-order valence-electron chi connectivity index (χ1n) is 7.33. The summed E-state index contributed by atoms with van der Waals surface area (Å²) in [7, 11) is 0. The zero-order valence-electron chi connectivity index (χ0n) is 12.2. The van der Waals surface area contributed by atoms with Crippen LogP contribution in [0.3, 0.4) is 0 Å². The van der Waals surface area contributed by atoms with Crippen molar-refractivity contribution in [3.05, 3.63) is 48.5 Å². The lowest BCUT2D eigenvalue weighted by atomic mass is 9.95. The quantitative estimate of drug-likeness (QED) is 0.901. The first kappa shape index (κ1) is 15.1. The molecule has 0 spiro atoms. The van der Waals surface area contributed by atoms with E-state index in [1.165, 1.54) is 0 Å². The summed E-state index contributed by atoms with van der Waals surface area (Å²) in [5.74, 6) is 1.42. The predicted molar refractivity (Wildman–Crippen MR) is 86.9 cm³/mol. The summed E-state index contributed by atoms with van der Waals surface area (Å²) in [6.45, 7) is 0.429. The van der Waals surface area contributed by atoms with Crippen molar-refractivity contribution in [1.82, 2.24) is 14.9 Å². The first-order chi connectivity index (χ1) is 10.7. The lowest BCUT2D eigenvalue weighted by Gasteiger charge is -2.30. The molecule has 0 aliphatic carbocycles. The summed E-state index contributed by atoms with van der Waals surface area (Å²) in [5, 5.41) is 13.2. The molecule has 3 rings (SSSR count). The Morgan fingerprint density at radius 1 is 1.32 bits per heavy atom. The number of hydrogen-bond acceptors (Lipinski definition) is 4. The Balaban J connectivity index is 1.58. The second-order valence-electron chi connectivity index (χ2n) is 5.46. The van der Waals surface area contributed by atoms with Crippen LogP contribution in [0.5, 0.6) is 0 Å². The van der Waals surface area contributed by atoms with E-state index in [9.17, 15) is 9.90 Å². The maximum Gasteiger partial charge on any atom is 0.252 e. The Morgan fingerprint density at radius 3 is 2.68 bits per heavy atom. The van der Waals surface area contributed by atoms with E-state index in [1.54, 1.807) is 24.3 Å². The molecule has 1 amide bonds. The van der Waals surface area contributed by atoms with Gasteiger partial charge in [0.25, 0.3) is 5.91 Å². The normalized spacial score (nSPS) is 17.1. The number of rotatable bonds is 4. The number of aromatic nitrogens is 2. The summed E-state index contributed by atoms with van der Waals surface area (Å²) in [6.07, 6.45) is 6.42. The highest BCUT2D eigenvalue weighted by molar-refractivity contribution is 7.99. The lowest BCUT2D eigenvalue weighted by molar-refractivity contribution is -0.140. The lowest BCUT2D eigenvalue weighted by Crippen LogP contribution is -2.48. The van der Waals surface area contributed by atoms with Gasteiger partial charge in [-0.2, -0.15) is 11.8 Å². The largest absolute Gasteiger partial charge is 0.380 e. The topological polar surface area (TPSA) is 67.2 Å². The Morgan fingerprint density at radius 2 is 2.05 bits per heavy atom. The highest BCUT2D eigenvalue weighted by Gasteiger charge is 2.37. The van der Waals surface area contributed by atoms with E-state index in [4.69, 9.17) is 0 Å². The Kier molecular flexibility index (Phi) is 4.49. The number of nitrogens with one attached hydrogen (secondary N) is 1. The number of nitrogens with zero attached hydrogens (tertiary/aromatic N) is 2. The number of benzene rings is 1. The molecule has 5 nitrogen and oxygen atoms in total. The van der Waals surface area contributed by atoms with Gasteiger partial charge in [-0.15, -0.1) is 0 Å². The maximum atomic E-state index is 12.2. The summed E-state index contributed by atoms with van der Waals surface area (Å²) < 4.78 is 1.92. The van der Waals surface area contributed by atoms with E-state index in [2.05, 4.69) is 10.3 Å². The van der Waals surface area contributed by atoms with E-state index >= 15 is 0 Å². The molecule has 0 saturated carbocycles. The van der Waals surface area contributed by atoms with Crippen LogP contribution in [-0.4, -0.2) is 37.7 Å². The van der Waals surface area contributed by atoms with Crippen LogP contribution in [0.25, 0.3) is 5.69 Å². The summed E-state index contributed by atoms with van der Waals surface area (Å²) in [5.41, 5.74) is 0.837. The molecule has 2 N–H and O–H groups in total. The van der Waals surface area contributed by atoms with Crippen LogP contribution in [0.4, 0.5) is 0 Å². The molecule has 0 unspecified atom stereocenters. The third-order valence-electron chi connectivity index (χ3n) is 3.93. The molecule has 1 aromatic heterocycles. The number of amides is 1. The van der Waals surface area contributed by atoms with Crippen LogP contribution in [0.2, 0.25) is 0 Å². The number of thioether (sulfide) groups is 1. The molecule has 116 valence electrons. The fourth-order valence-electron chi connectivity index (χ4n) is 2.48. The zero-order valence-corrected chi connectivity index (χ0v) is 13.1. The highest BCUT2D eigenvalue weighted by Crippen LogP contribution is 2.27. The number of hydrogen-bond donors (Lipinski definition) is 2. The zero-order chi connectivity index (χ0) is 15.4. The minimum absolute atomic E-state index is 0.258. The fraction of sp³-hybridized carbons (Fsp3) is 0.375. The third-order valence-corrected chi connectivity index (χ3v) is 4.92. The van der Waals surface area contributed by atoms with Gasteiger partial charge in [0.1, 0.15) is 5.60 Å². The Hall–Kier alpha value is -1.79. The molecule has 0 bridgehead atoms. The Labute approximate surface area is 133 Å². The van der Waals surface area contributed by atoms with Crippen LogP contribution in [0.1, 0.15) is 18.4 Å². The molecule has 1 aromatic carbocycles. The van der Waals surface area contributed by atoms with Gasteiger partial charge in [-0.3, -0.25) is 4.79 Å². The monoisotopic (exact) mass is 317 g/mol. The highest BCUT2D eigenvalue weighted by atomic mass is 32.2. The van der Waals surface area contributed by atoms with Crippen molar-refractivity contribution in [3.63, 3.8) is 0 Å². The second kappa shape index (κ2) is 6.54.